The minimum Gasteiger partial charge on any atom is -0.357 e. The van der Waals surface area contributed by atoms with Gasteiger partial charge in [-0.3, -0.25) is 4.79 Å². The van der Waals surface area contributed by atoms with Gasteiger partial charge in [0.15, 0.2) is 0 Å². The van der Waals surface area contributed by atoms with Crippen LogP contribution >= 0.6 is 0 Å². The molecule has 0 bridgehead atoms. The van der Waals surface area contributed by atoms with Gasteiger partial charge < -0.3 is 15.5 Å². The van der Waals surface area contributed by atoms with E-state index in [0.29, 0.717) is 11.6 Å². The summed E-state index contributed by atoms with van der Waals surface area (Å²) < 4.78 is 0. The van der Waals surface area contributed by atoms with Crippen LogP contribution in [0.3, 0.4) is 0 Å². The second kappa shape index (κ2) is 6.43. The SMILES string of the molecule is NC1CCN(c2ccc(C(=O)N3CCCCC3)cn2)CC1. The number of rotatable bonds is 2. The van der Waals surface area contributed by atoms with Crippen molar-refractivity contribution in [1.82, 2.24) is 9.88 Å². The molecule has 0 aromatic carbocycles. The van der Waals surface area contributed by atoms with Crippen LogP contribution in [0.1, 0.15) is 42.5 Å². The van der Waals surface area contributed by atoms with Crippen molar-refractivity contribution in [2.45, 2.75) is 38.1 Å². The van der Waals surface area contributed by atoms with E-state index in [1.807, 2.05) is 17.0 Å². The Hall–Kier alpha value is -1.62. The highest BCUT2D eigenvalue weighted by atomic mass is 16.2. The van der Waals surface area contributed by atoms with Gasteiger partial charge in [0.25, 0.3) is 5.91 Å². The average Bonchev–Trinajstić information content (AvgIpc) is 2.56. The molecule has 0 unspecified atom stereocenters. The molecule has 1 aromatic rings. The molecule has 0 saturated carbocycles. The molecule has 2 aliphatic rings. The molecule has 21 heavy (non-hydrogen) atoms. The number of carbonyl (C=O) groups excluding carboxylic acids is 1. The van der Waals surface area contributed by atoms with Crippen LogP contribution in [0.5, 0.6) is 0 Å². The summed E-state index contributed by atoms with van der Waals surface area (Å²) in [6.45, 7) is 3.66. The highest BCUT2D eigenvalue weighted by molar-refractivity contribution is 5.94. The Morgan fingerprint density at radius 1 is 1.10 bits per heavy atom. The molecule has 0 aliphatic carbocycles. The monoisotopic (exact) mass is 288 g/mol. The van der Waals surface area contributed by atoms with E-state index >= 15 is 0 Å². The zero-order valence-electron chi connectivity index (χ0n) is 12.5. The van der Waals surface area contributed by atoms with Crippen molar-refractivity contribution in [3.05, 3.63) is 23.9 Å². The van der Waals surface area contributed by atoms with Gasteiger partial charge in [0.1, 0.15) is 5.82 Å². The predicted octanol–water partition coefficient (Wildman–Crippen LogP) is 1.64. The lowest BCUT2D eigenvalue weighted by Gasteiger charge is -2.31. The maximum absolute atomic E-state index is 12.4. The number of hydrogen-bond acceptors (Lipinski definition) is 4. The molecule has 2 fully saturated rings. The third kappa shape index (κ3) is 3.35. The third-order valence-corrected chi connectivity index (χ3v) is 4.50. The normalized spacial score (nSPS) is 20.6. The minimum atomic E-state index is 0.120. The van der Waals surface area contributed by atoms with Crippen LogP contribution < -0.4 is 10.6 Å². The average molecular weight is 288 g/mol. The third-order valence-electron chi connectivity index (χ3n) is 4.50. The quantitative estimate of drug-likeness (QED) is 0.898. The molecule has 0 atom stereocenters. The van der Waals surface area contributed by atoms with Gasteiger partial charge in [0.05, 0.1) is 5.56 Å². The molecule has 1 amide bonds. The van der Waals surface area contributed by atoms with E-state index in [-0.39, 0.29) is 5.91 Å². The summed E-state index contributed by atoms with van der Waals surface area (Å²) in [4.78, 5) is 21.1. The number of nitrogens with zero attached hydrogens (tertiary/aromatic N) is 3. The second-order valence-corrected chi connectivity index (χ2v) is 6.08. The van der Waals surface area contributed by atoms with E-state index in [0.717, 1.165) is 57.7 Å². The first-order valence-corrected chi connectivity index (χ1v) is 8.00. The number of aromatic nitrogens is 1. The molecule has 2 saturated heterocycles. The van der Waals surface area contributed by atoms with Crippen molar-refractivity contribution in [2.75, 3.05) is 31.1 Å². The number of amides is 1. The highest BCUT2D eigenvalue weighted by Crippen LogP contribution is 2.18. The molecular weight excluding hydrogens is 264 g/mol. The van der Waals surface area contributed by atoms with Crippen LogP contribution in [0, 0.1) is 0 Å². The minimum absolute atomic E-state index is 0.120. The number of nitrogens with two attached hydrogens (primary N) is 1. The maximum Gasteiger partial charge on any atom is 0.255 e. The smallest absolute Gasteiger partial charge is 0.255 e. The van der Waals surface area contributed by atoms with E-state index in [1.165, 1.54) is 6.42 Å². The summed E-state index contributed by atoms with van der Waals surface area (Å²) in [5, 5.41) is 0. The summed E-state index contributed by atoms with van der Waals surface area (Å²) >= 11 is 0. The Morgan fingerprint density at radius 3 is 2.43 bits per heavy atom. The van der Waals surface area contributed by atoms with Crippen molar-refractivity contribution >= 4 is 11.7 Å². The second-order valence-electron chi connectivity index (χ2n) is 6.08. The molecule has 2 N–H and O–H groups in total. The Morgan fingerprint density at radius 2 is 1.81 bits per heavy atom. The van der Waals surface area contributed by atoms with Crippen molar-refractivity contribution in [2.24, 2.45) is 5.73 Å². The van der Waals surface area contributed by atoms with Crippen molar-refractivity contribution in [3.8, 4) is 0 Å². The zero-order chi connectivity index (χ0) is 14.7. The summed E-state index contributed by atoms with van der Waals surface area (Å²) in [5.41, 5.74) is 6.63. The van der Waals surface area contributed by atoms with Crippen LogP contribution in [0.2, 0.25) is 0 Å². The Bertz CT molecular complexity index is 474. The van der Waals surface area contributed by atoms with E-state index in [2.05, 4.69) is 9.88 Å². The lowest BCUT2D eigenvalue weighted by molar-refractivity contribution is 0.0724. The van der Waals surface area contributed by atoms with Gasteiger partial charge in [-0.25, -0.2) is 4.98 Å². The van der Waals surface area contributed by atoms with E-state index in [1.54, 1.807) is 6.20 Å². The molecule has 0 radical (unpaired) electrons. The fraction of sp³-hybridized carbons (Fsp3) is 0.625. The lowest BCUT2D eigenvalue weighted by atomic mass is 10.1. The van der Waals surface area contributed by atoms with E-state index in [9.17, 15) is 4.79 Å². The van der Waals surface area contributed by atoms with Gasteiger partial charge in [-0.05, 0) is 44.2 Å². The van der Waals surface area contributed by atoms with E-state index < -0.39 is 0 Å². The molecule has 114 valence electrons. The van der Waals surface area contributed by atoms with Gasteiger partial charge in [-0.2, -0.15) is 0 Å². The molecule has 5 heteroatoms. The molecule has 1 aromatic heterocycles. The van der Waals surface area contributed by atoms with Crippen LogP contribution in [0.15, 0.2) is 18.3 Å². The zero-order valence-corrected chi connectivity index (χ0v) is 12.5. The molecule has 5 nitrogen and oxygen atoms in total. The Balaban J connectivity index is 1.64. The summed E-state index contributed by atoms with van der Waals surface area (Å²) in [6, 6.07) is 4.20. The number of anilines is 1. The number of carbonyl (C=O) groups is 1. The Labute approximate surface area is 126 Å². The van der Waals surface area contributed by atoms with Gasteiger partial charge in [0, 0.05) is 38.4 Å². The summed E-state index contributed by atoms with van der Waals surface area (Å²) in [7, 11) is 0. The maximum atomic E-state index is 12.4. The van der Waals surface area contributed by atoms with Crippen molar-refractivity contribution < 1.29 is 4.79 Å². The van der Waals surface area contributed by atoms with E-state index in [4.69, 9.17) is 5.73 Å². The molecule has 3 rings (SSSR count). The van der Waals surface area contributed by atoms with Crippen molar-refractivity contribution in [3.63, 3.8) is 0 Å². The van der Waals surface area contributed by atoms with Crippen LogP contribution in [0.25, 0.3) is 0 Å². The van der Waals surface area contributed by atoms with Gasteiger partial charge >= 0.3 is 0 Å². The fourth-order valence-corrected chi connectivity index (χ4v) is 3.11. The van der Waals surface area contributed by atoms with Gasteiger partial charge in [0.2, 0.25) is 0 Å². The standard InChI is InChI=1S/C16H24N4O/c17-14-6-10-19(11-7-14)15-5-4-13(12-18-15)16(21)20-8-2-1-3-9-20/h4-5,12,14H,1-3,6-11,17H2. The number of hydrogen-bond donors (Lipinski definition) is 1. The number of pyridine rings is 1. The predicted molar refractivity (Wildman–Crippen MR) is 83.4 cm³/mol. The van der Waals surface area contributed by atoms with Crippen LogP contribution in [-0.2, 0) is 0 Å². The van der Waals surface area contributed by atoms with Gasteiger partial charge in [-0.15, -0.1) is 0 Å². The van der Waals surface area contributed by atoms with Crippen molar-refractivity contribution in [1.29, 1.82) is 0 Å². The fourth-order valence-electron chi connectivity index (χ4n) is 3.11. The number of piperidine rings is 2. The van der Waals surface area contributed by atoms with Gasteiger partial charge in [-0.1, -0.05) is 0 Å². The molecule has 3 heterocycles. The molecular formula is C16H24N4O. The first-order valence-electron chi connectivity index (χ1n) is 8.00. The molecule has 2 aliphatic heterocycles. The lowest BCUT2D eigenvalue weighted by Crippen LogP contribution is -2.40. The number of likely N-dealkylation sites (tertiary alicyclic amines) is 1. The first kappa shape index (κ1) is 14.3. The highest BCUT2D eigenvalue weighted by Gasteiger charge is 2.20. The summed E-state index contributed by atoms with van der Waals surface area (Å²) in [6.07, 6.45) is 7.21. The topological polar surface area (TPSA) is 62.5 Å². The Kier molecular flexibility index (Phi) is 4.39. The van der Waals surface area contributed by atoms with Crippen LogP contribution in [0.4, 0.5) is 5.82 Å². The largest absolute Gasteiger partial charge is 0.357 e. The molecule has 0 spiro atoms. The first-order chi connectivity index (χ1) is 10.2. The van der Waals surface area contributed by atoms with Crippen LogP contribution in [-0.4, -0.2) is 48.0 Å². The summed E-state index contributed by atoms with van der Waals surface area (Å²) in [5.74, 6) is 1.08.